The Labute approximate surface area is 96.8 Å². The van der Waals surface area contributed by atoms with Crippen molar-refractivity contribution < 1.29 is 9.13 Å². The monoisotopic (exact) mass is 225 g/mol. The Morgan fingerprint density at radius 1 is 1.25 bits per heavy atom. The average molecular weight is 225 g/mol. The highest BCUT2D eigenvalue weighted by atomic mass is 19.1. The lowest BCUT2D eigenvalue weighted by Crippen LogP contribution is -2.35. The van der Waals surface area contributed by atoms with Crippen LogP contribution in [0.15, 0.2) is 24.3 Å². The van der Waals surface area contributed by atoms with Crippen molar-refractivity contribution in [1.82, 2.24) is 5.32 Å². The van der Waals surface area contributed by atoms with Gasteiger partial charge in [0.05, 0.1) is 12.1 Å². The number of rotatable bonds is 5. The molecule has 2 unspecified atom stereocenters. The number of halogens is 1. The van der Waals surface area contributed by atoms with Gasteiger partial charge in [0.1, 0.15) is 5.82 Å². The van der Waals surface area contributed by atoms with Gasteiger partial charge in [-0.3, -0.25) is 0 Å². The third-order valence-corrected chi connectivity index (χ3v) is 2.81. The summed E-state index contributed by atoms with van der Waals surface area (Å²) >= 11 is 0. The smallest absolute Gasteiger partial charge is 0.128 e. The van der Waals surface area contributed by atoms with Crippen molar-refractivity contribution in [2.45, 2.75) is 26.0 Å². The Kier molecular flexibility index (Phi) is 4.90. The summed E-state index contributed by atoms with van der Waals surface area (Å²) in [6, 6.07) is 6.70. The largest absolute Gasteiger partial charge is 0.379 e. The predicted molar refractivity (Wildman–Crippen MR) is 63.8 cm³/mol. The molecule has 0 aliphatic heterocycles. The Morgan fingerprint density at radius 3 is 2.31 bits per heavy atom. The molecule has 0 bridgehead atoms. The van der Waals surface area contributed by atoms with Crippen molar-refractivity contribution in [3.05, 3.63) is 35.6 Å². The van der Waals surface area contributed by atoms with Crippen LogP contribution in [-0.2, 0) is 4.74 Å². The molecule has 1 aromatic rings. The number of benzene rings is 1. The van der Waals surface area contributed by atoms with Crippen LogP contribution in [0.2, 0.25) is 0 Å². The predicted octanol–water partition coefficient (Wildman–Crippen LogP) is 2.76. The van der Waals surface area contributed by atoms with Gasteiger partial charge in [-0.25, -0.2) is 4.39 Å². The molecule has 0 aliphatic rings. The van der Waals surface area contributed by atoms with Crippen LogP contribution >= 0.6 is 0 Å². The van der Waals surface area contributed by atoms with E-state index in [0.717, 1.165) is 0 Å². The van der Waals surface area contributed by atoms with Gasteiger partial charge in [0, 0.05) is 12.7 Å². The molecule has 0 saturated heterocycles. The summed E-state index contributed by atoms with van der Waals surface area (Å²) in [6.45, 7) is 4.14. The maximum absolute atomic E-state index is 13.7. The van der Waals surface area contributed by atoms with E-state index in [-0.39, 0.29) is 18.0 Å². The average Bonchev–Trinajstić information content (AvgIpc) is 2.26. The van der Waals surface area contributed by atoms with E-state index in [1.54, 1.807) is 19.2 Å². The second-order valence-corrected chi connectivity index (χ2v) is 4.23. The molecule has 1 aromatic carbocycles. The summed E-state index contributed by atoms with van der Waals surface area (Å²) in [5.41, 5.74) is 0.658. The van der Waals surface area contributed by atoms with Gasteiger partial charge in [-0.1, -0.05) is 32.0 Å². The lowest BCUT2D eigenvalue weighted by Gasteiger charge is -2.29. The van der Waals surface area contributed by atoms with E-state index in [1.807, 2.05) is 13.1 Å². The number of nitrogens with one attached hydrogen (secondary N) is 1. The molecular formula is C13H20FNO. The Bertz CT molecular complexity index is 327. The minimum Gasteiger partial charge on any atom is -0.379 e. The Morgan fingerprint density at radius 2 is 1.88 bits per heavy atom. The quantitative estimate of drug-likeness (QED) is 0.832. The van der Waals surface area contributed by atoms with Gasteiger partial charge >= 0.3 is 0 Å². The number of likely N-dealkylation sites (N-methyl/N-ethyl adjacent to an activating group) is 1. The lowest BCUT2D eigenvalue weighted by atomic mass is 9.93. The highest BCUT2D eigenvalue weighted by Crippen LogP contribution is 2.25. The molecule has 0 heterocycles. The Balaban J connectivity index is 3.02. The second-order valence-electron chi connectivity index (χ2n) is 4.23. The van der Waals surface area contributed by atoms with E-state index >= 15 is 0 Å². The zero-order chi connectivity index (χ0) is 12.1. The Hall–Kier alpha value is -0.930. The molecule has 0 radical (unpaired) electrons. The first kappa shape index (κ1) is 13.1. The molecule has 0 amide bonds. The minimum absolute atomic E-state index is 0.0399. The molecular weight excluding hydrogens is 205 g/mol. The van der Waals surface area contributed by atoms with Crippen molar-refractivity contribution >= 4 is 0 Å². The topological polar surface area (TPSA) is 21.3 Å². The third kappa shape index (κ3) is 2.80. The van der Waals surface area contributed by atoms with Gasteiger partial charge in [0.2, 0.25) is 0 Å². The fraction of sp³-hybridized carbons (Fsp3) is 0.538. The molecule has 0 fully saturated rings. The van der Waals surface area contributed by atoms with Gasteiger partial charge in [0.15, 0.2) is 0 Å². The van der Waals surface area contributed by atoms with Crippen molar-refractivity contribution in [2.75, 3.05) is 14.2 Å². The summed E-state index contributed by atoms with van der Waals surface area (Å²) < 4.78 is 19.1. The van der Waals surface area contributed by atoms with E-state index in [4.69, 9.17) is 4.74 Å². The van der Waals surface area contributed by atoms with Crippen LogP contribution in [0.1, 0.15) is 25.5 Å². The second kappa shape index (κ2) is 5.97. The third-order valence-electron chi connectivity index (χ3n) is 2.81. The number of hydrogen-bond acceptors (Lipinski definition) is 2. The fourth-order valence-electron chi connectivity index (χ4n) is 2.02. The van der Waals surface area contributed by atoms with Crippen molar-refractivity contribution in [1.29, 1.82) is 0 Å². The van der Waals surface area contributed by atoms with Crippen molar-refractivity contribution in [2.24, 2.45) is 5.92 Å². The molecule has 1 rings (SSSR count). The maximum atomic E-state index is 13.7. The van der Waals surface area contributed by atoms with Crippen LogP contribution in [0.25, 0.3) is 0 Å². The normalized spacial score (nSPS) is 15.1. The summed E-state index contributed by atoms with van der Waals surface area (Å²) in [5, 5.41) is 3.13. The van der Waals surface area contributed by atoms with Crippen LogP contribution in [0.3, 0.4) is 0 Å². The van der Waals surface area contributed by atoms with Crippen LogP contribution < -0.4 is 5.32 Å². The van der Waals surface area contributed by atoms with Crippen molar-refractivity contribution in [3.8, 4) is 0 Å². The summed E-state index contributed by atoms with van der Waals surface area (Å²) in [7, 11) is 3.49. The molecule has 0 aromatic heterocycles. The fourth-order valence-corrected chi connectivity index (χ4v) is 2.02. The first-order valence-electron chi connectivity index (χ1n) is 5.56. The zero-order valence-corrected chi connectivity index (χ0v) is 10.3. The number of methoxy groups -OCH3 is 1. The molecule has 0 saturated carbocycles. The first-order chi connectivity index (χ1) is 7.61. The molecule has 0 spiro atoms. The molecule has 0 aliphatic carbocycles. The lowest BCUT2D eigenvalue weighted by molar-refractivity contribution is 0.0338. The maximum Gasteiger partial charge on any atom is 0.128 e. The van der Waals surface area contributed by atoms with Gasteiger partial charge in [0.25, 0.3) is 0 Å². The van der Waals surface area contributed by atoms with E-state index in [2.05, 4.69) is 19.2 Å². The molecule has 2 atom stereocenters. The molecule has 1 N–H and O–H groups in total. The molecule has 3 heteroatoms. The van der Waals surface area contributed by atoms with Gasteiger partial charge < -0.3 is 10.1 Å². The van der Waals surface area contributed by atoms with Crippen LogP contribution in [0, 0.1) is 11.7 Å². The van der Waals surface area contributed by atoms with Crippen molar-refractivity contribution in [3.63, 3.8) is 0 Å². The summed E-state index contributed by atoms with van der Waals surface area (Å²) in [6.07, 6.45) is -0.0399. The van der Waals surface area contributed by atoms with Gasteiger partial charge in [-0.15, -0.1) is 0 Å². The van der Waals surface area contributed by atoms with E-state index in [9.17, 15) is 4.39 Å². The highest BCUT2D eigenvalue weighted by Gasteiger charge is 2.26. The molecule has 16 heavy (non-hydrogen) atoms. The van der Waals surface area contributed by atoms with Crippen LogP contribution in [-0.4, -0.2) is 20.3 Å². The first-order valence-corrected chi connectivity index (χ1v) is 5.56. The van der Waals surface area contributed by atoms with Crippen LogP contribution in [0.4, 0.5) is 4.39 Å². The van der Waals surface area contributed by atoms with Gasteiger partial charge in [-0.2, -0.15) is 0 Å². The van der Waals surface area contributed by atoms with Crippen LogP contribution in [0.5, 0.6) is 0 Å². The molecule has 2 nitrogen and oxygen atoms in total. The standard InChI is InChI=1S/C13H20FNO/c1-9(2)13(16-4)12(15-3)10-7-5-6-8-11(10)14/h5-9,12-13,15H,1-4H3. The summed E-state index contributed by atoms with van der Waals surface area (Å²) in [5.74, 6) is 0.131. The highest BCUT2D eigenvalue weighted by molar-refractivity contribution is 5.22. The number of hydrogen-bond donors (Lipinski definition) is 1. The van der Waals surface area contributed by atoms with E-state index < -0.39 is 0 Å². The zero-order valence-electron chi connectivity index (χ0n) is 10.3. The minimum atomic E-state index is -0.190. The number of ether oxygens (including phenoxy) is 1. The van der Waals surface area contributed by atoms with E-state index in [1.165, 1.54) is 6.07 Å². The summed E-state index contributed by atoms with van der Waals surface area (Å²) in [4.78, 5) is 0. The molecule has 90 valence electrons. The SMILES string of the molecule is CNC(c1ccccc1F)C(OC)C(C)C. The van der Waals surface area contributed by atoms with E-state index in [0.29, 0.717) is 11.5 Å². The van der Waals surface area contributed by atoms with Gasteiger partial charge in [-0.05, 0) is 19.0 Å².